The lowest BCUT2D eigenvalue weighted by atomic mass is 10.1. The van der Waals surface area contributed by atoms with Crippen LogP contribution in [0.4, 0.5) is 0 Å². The number of carbonyl (C=O) groups excluding carboxylic acids is 2. The normalized spacial score (nSPS) is 12.1. The molecule has 19 heavy (non-hydrogen) atoms. The van der Waals surface area contributed by atoms with Crippen molar-refractivity contribution in [2.24, 2.45) is 5.73 Å². The SMILES string of the molecule is Cc1cc(C(=O)O[C@H](C)C(N)=O)c2ccccc2n1. The van der Waals surface area contributed by atoms with E-state index in [1.165, 1.54) is 6.92 Å². The van der Waals surface area contributed by atoms with Gasteiger partial charge >= 0.3 is 5.97 Å². The van der Waals surface area contributed by atoms with Gasteiger partial charge in [-0.1, -0.05) is 18.2 Å². The molecule has 0 aliphatic rings. The van der Waals surface area contributed by atoms with Crippen LogP contribution in [0.3, 0.4) is 0 Å². The Morgan fingerprint density at radius 2 is 2.00 bits per heavy atom. The Balaban J connectivity index is 2.44. The number of esters is 1. The van der Waals surface area contributed by atoms with Crippen molar-refractivity contribution < 1.29 is 14.3 Å². The highest BCUT2D eigenvalue weighted by Crippen LogP contribution is 2.19. The van der Waals surface area contributed by atoms with Crippen molar-refractivity contribution in [3.63, 3.8) is 0 Å². The molecule has 0 radical (unpaired) electrons. The van der Waals surface area contributed by atoms with E-state index < -0.39 is 18.0 Å². The quantitative estimate of drug-likeness (QED) is 0.847. The van der Waals surface area contributed by atoms with Crippen LogP contribution in [-0.4, -0.2) is 23.0 Å². The highest BCUT2D eigenvalue weighted by atomic mass is 16.5. The number of aryl methyl sites for hydroxylation is 1. The van der Waals surface area contributed by atoms with E-state index in [-0.39, 0.29) is 0 Å². The Labute approximate surface area is 110 Å². The summed E-state index contributed by atoms with van der Waals surface area (Å²) in [5.74, 6) is -1.25. The van der Waals surface area contributed by atoms with E-state index >= 15 is 0 Å². The summed E-state index contributed by atoms with van der Waals surface area (Å²) >= 11 is 0. The van der Waals surface area contributed by atoms with E-state index in [9.17, 15) is 9.59 Å². The van der Waals surface area contributed by atoms with E-state index in [4.69, 9.17) is 10.5 Å². The van der Waals surface area contributed by atoms with E-state index in [2.05, 4.69) is 4.98 Å². The monoisotopic (exact) mass is 258 g/mol. The minimum atomic E-state index is -0.959. The molecule has 0 bridgehead atoms. The number of fused-ring (bicyclic) bond motifs is 1. The minimum absolute atomic E-state index is 0.385. The molecule has 2 aromatic rings. The van der Waals surface area contributed by atoms with Gasteiger partial charge in [-0.15, -0.1) is 0 Å². The highest BCUT2D eigenvalue weighted by Gasteiger charge is 2.18. The molecule has 0 aliphatic carbocycles. The lowest BCUT2D eigenvalue weighted by Crippen LogP contribution is -2.30. The molecule has 1 atom stereocenters. The first-order chi connectivity index (χ1) is 8.99. The number of aromatic nitrogens is 1. The lowest BCUT2D eigenvalue weighted by Gasteiger charge is -2.11. The maximum atomic E-state index is 12.1. The van der Waals surface area contributed by atoms with E-state index in [1.807, 2.05) is 18.2 Å². The van der Waals surface area contributed by atoms with E-state index in [1.54, 1.807) is 19.1 Å². The molecule has 1 amide bonds. The van der Waals surface area contributed by atoms with Gasteiger partial charge < -0.3 is 10.5 Å². The molecule has 5 nitrogen and oxygen atoms in total. The molecule has 0 spiro atoms. The topological polar surface area (TPSA) is 82.3 Å². The number of para-hydroxylation sites is 1. The average Bonchev–Trinajstić information content (AvgIpc) is 2.37. The predicted octanol–water partition coefficient (Wildman–Crippen LogP) is 1.57. The van der Waals surface area contributed by atoms with Crippen LogP contribution < -0.4 is 5.73 Å². The van der Waals surface area contributed by atoms with Crippen molar-refractivity contribution in [1.82, 2.24) is 4.98 Å². The molecular formula is C14H14N2O3. The second-order valence-corrected chi connectivity index (χ2v) is 4.28. The maximum Gasteiger partial charge on any atom is 0.339 e. The summed E-state index contributed by atoms with van der Waals surface area (Å²) in [6, 6.07) is 8.89. The Hall–Kier alpha value is -2.43. The fraction of sp³-hybridized carbons (Fsp3) is 0.214. The molecular weight excluding hydrogens is 244 g/mol. The standard InChI is InChI=1S/C14H14N2O3/c1-8-7-11(14(18)19-9(2)13(15)17)10-5-3-4-6-12(10)16-8/h3-7,9H,1-2H3,(H2,15,17)/t9-/m1/s1. The first-order valence-electron chi connectivity index (χ1n) is 5.85. The van der Waals surface area contributed by atoms with Crippen LogP contribution in [0.5, 0.6) is 0 Å². The molecule has 2 rings (SSSR count). The number of primary amides is 1. The first-order valence-corrected chi connectivity index (χ1v) is 5.85. The van der Waals surface area contributed by atoms with Crippen molar-refractivity contribution >= 4 is 22.8 Å². The van der Waals surface area contributed by atoms with Gasteiger partial charge in [0, 0.05) is 11.1 Å². The maximum absolute atomic E-state index is 12.1. The molecule has 5 heteroatoms. The van der Waals surface area contributed by atoms with Gasteiger partial charge in [0.1, 0.15) is 0 Å². The van der Waals surface area contributed by atoms with Crippen molar-refractivity contribution in [2.45, 2.75) is 20.0 Å². The molecule has 1 heterocycles. The summed E-state index contributed by atoms with van der Waals surface area (Å²) in [6.45, 7) is 3.23. The van der Waals surface area contributed by atoms with Crippen LogP contribution in [0, 0.1) is 6.92 Å². The van der Waals surface area contributed by atoms with Crippen LogP contribution in [-0.2, 0) is 9.53 Å². The first kappa shape index (κ1) is 13.0. The fourth-order valence-electron chi connectivity index (χ4n) is 1.76. The second-order valence-electron chi connectivity index (χ2n) is 4.28. The van der Waals surface area contributed by atoms with Crippen LogP contribution >= 0.6 is 0 Å². The zero-order valence-electron chi connectivity index (χ0n) is 10.7. The summed E-state index contributed by atoms with van der Waals surface area (Å²) in [6.07, 6.45) is -0.959. The third-order valence-corrected chi connectivity index (χ3v) is 2.75. The van der Waals surface area contributed by atoms with Crippen LogP contribution in [0.2, 0.25) is 0 Å². The number of benzene rings is 1. The highest BCUT2D eigenvalue weighted by molar-refractivity contribution is 6.04. The molecule has 0 saturated carbocycles. The number of pyridine rings is 1. The number of amides is 1. The number of hydrogen-bond acceptors (Lipinski definition) is 4. The summed E-state index contributed by atoms with van der Waals surface area (Å²) < 4.78 is 5.02. The number of carbonyl (C=O) groups is 2. The van der Waals surface area contributed by atoms with Gasteiger partial charge in [-0.25, -0.2) is 4.79 Å². The third-order valence-electron chi connectivity index (χ3n) is 2.75. The van der Waals surface area contributed by atoms with Crippen LogP contribution in [0.1, 0.15) is 23.0 Å². The average molecular weight is 258 g/mol. The van der Waals surface area contributed by atoms with Gasteiger partial charge in [0.25, 0.3) is 5.91 Å². The van der Waals surface area contributed by atoms with Crippen molar-refractivity contribution in [2.75, 3.05) is 0 Å². The van der Waals surface area contributed by atoms with Crippen LogP contribution in [0.15, 0.2) is 30.3 Å². The fourth-order valence-corrected chi connectivity index (χ4v) is 1.76. The molecule has 1 aromatic carbocycles. The summed E-state index contributed by atoms with van der Waals surface area (Å²) in [7, 11) is 0. The predicted molar refractivity (Wildman–Crippen MR) is 70.6 cm³/mol. The van der Waals surface area contributed by atoms with Crippen molar-refractivity contribution in [1.29, 1.82) is 0 Å². The van der Waals surface area contributed by atoms with Crippen molar-refractivity contribution in [3.8, 4) is 0 Å². The van der Waals surface area contributed by atoms with E-state index in [0.29, 0.717) is 22.2 Å². The zero-order valence-corrected chi connectivity index (χ0v) is 10.7. The number of nitrogens with two attached hydrogens (primary N) is 1. The molecule has 98 valence electrons. The summed E-state index contributed by atoms with van der Waals surface area (Å²) in [5.41, 5.74) is 6.88. The van der Waals surface area contributed by atoms with Gasteiger partial charge in [0.05, 0.1) is 11.1 Å². The number of ether oxygens (including phenoxy) is 1. The Bertz CT molecular complexity index is 652. The van der Waals surface area contributed by atoms with Crippen molar-refractivity contribution in [3.05, 3.63) is 41.6 Å². The molecule has 1 aromatic heterocycles. The van der Waals surface area contributed by atoms with Gasteiger partial charge in [-0.2, -0.15) is 0 Å². The molecule has 0 saturated heterocycles. The number of nitrogens with zero attached hydrogens (tertiary/aromatic N) is 1. The second kappa shape index (κ2) is 5.06. The largest absolute Gasteiger partial charge is 0.449 e. The van der Waals surface area contributed by atoms with E-state index in [0.717, 1.165) is 0 Å². The zero-order chi connectivity index (χ0) is 14.0. The third kappa shape index (κ3) is 2.70. The summed E-state index contributed by atoms with van der Waals surface area (Å²) in [4.78, 5) is 27.3. The Morgan fingerprint density at radius 1 is 1.32 bits per heavy atom. The molecule has 2 N–H and O–H groups in total. The molecule has 0 fully saturated rings. The smallest absolute Gasteiger partial charge is 0.339 e. The number of hydrogen-bond donors (Lipinski definition) is 1. The minimum Gasteiger partial charge on any atom is -0.449 e. The van der Waals surface area contributed by atoms with Gasteiger partial charge in [-0.05, 0) is 26.0 Å². The Kier molecular flexibility index (Phi) is 3.46. The number of rotatable bonds is 3. The summed E-state index contributed by atoms with van der Waals surface area (Å²) in [5, 5.41) is 0.690. The molecule has 0 aliphatic heterocycles. The Morgan fingerprint density at radius 3 is 2.68 bits per heavy atom. The van der Waals surface area contributed by atoms with Gasteiger partial charge in [0.15, 0.2) is 6.10 Å². The van der Waals surface area contributed by atoms with Gasteiger partial charge in [-0.3, -0.25) is 9.78 Å². The molecule has 0 unspecified atom stereocenters. The van der Waals surface area contributed by atoms with Crippen LogP contribution in [0.25, 0.3) is 10.9 Å². The van der Waals surface area contributed by atoms with Gasteiger partial charge in [0.2, 0.25) is 0 Å². The lowest BCUT2D eigenvalue weighted by molar-refractivity contribution is -0.125.